The molecule has 3 heteroatoms. The van der Waals surface area contributed by atoms with Gasteiger partial charge in [-0.05, 0) is 60.4 Å². The molecule has 2 aromatic rings. The third-order valence-electron chi connectivity index (χ3n) is 5.30. The van der Waals surface area contributed by atoms with Gasteiger partial charge in [0.2, 0.25) is 0 Å². The minimum absolute atomic E-state index is 0.00866. The summed E-state index contributed by atoms with van der Waals surface area (Å²) in [6, 6.07) is 4.30. The number of rotatable bonds is 5. The second-order valence-corrected chi connectivity index (χ2v) is 8.38. The van der Waals surface area contributed by atoms with E-state index < -0.39 is 0 Å². The first kappa shape index (κ1) is 20.4. The molecule has 1 heterocycles. The first-order valence-electron chi connectivity index (χ1n) is 9.57. The van der Waals surface area contributed by atoms with Crippen LogP contribution in [0.3, 0.4) is 0 Å². The molecule has 3 nitrogen and oxygen atoms in total. The second-order valence-electron chi connectivity index (χ2n) is 8.38. The lowest BCUT2D eigenvalue weighted by atomic mass is 9.81. The van der Waals surface area contributed by atoms with Crippen LogP contribution in [0.2, 0.25) is 0 Å². The maximum absolute atomic E-state index is 12.6. The third kappa shape index (κ3) is 3.93. The summed E-state index contributed by atoms with van der Waals surface area (Å²) in [6.45, 7) is 15.5. The third-order valence-corrected chi connectivity index (χ3v) is 5.30. The van der Waals surface area contributed by atoms with Crippen LogP contribution in [0.5, 0.6) is 0 Å². The molecule has 0 amide bonds. The van der Waals surface area contributed by atoms with Crippen LogP contribution in [-0.2, 0) is 18.6 Å². The number of aromatic nitrogens is 1. The van der Waals surface area contributed by atoms with Crippen molar-refractivity contribution in [3.63, 3.8) is 0 Å². The first-order chi connectivity index (χ1) is 12.1. The number of nitrogens with zero attached hydrogens (tertiary/aromatic N) is 1. The molecule has 0 atom stereocenters. The summed E-state index contributed by atoms with van der Waals surface area (Å²) in [6.07, 6.45) is 4.01. The largest absolute Gasteiger partial charge is 0.392 e. The Labute approximate surface area is 157 Å². The van der Waals surface area contributed by atoms with Gasteiger partial charge in [-0.2, -0.15) is 0 Å². The van der Waals surface area contributed by atoms with E-state index in [1.54, 1.807) is 0 Å². The molecule has 0 fully saturated rings. The molecular weight excluding hydrogens is 322 g/mol. The van der Waals surface area contributed by atoms with Crippen molar-refractivity contribution in [3.8, 4) is 11.1 Å². The molecular formula is C23H33NO2. The lowest BCUT2D eigenvalue weighted by molar-refractivity contribution is 0.282. The quantitative estimate of drug-likeness (QED) is 0.817. The Hall–Kier alpha value is -1.87. The van der Waals surface area contributed by atoms with Crippen LogP contribution < -0.4 is 5.56 Å². The fraction of sp³-hybridized carbons (Fsp3) is 0.522. The highest BCUT2D eigenvalue weighted by atomic mass is 16.3. The molecule has 26 heavy (non-hydrogen) atoms. The van der Waals surface area contributed by atoms with Crippen molar-refractivity contribution < 1.29 is 5.11 Å². The van der Waals surface area contributed by atoms with Gasteiger partial charge in [0, 0.05) is 23.9 Å². The Morgan fingerprint density at radius 3 is 2.23 bits per heavy atom. The zero-order valence-corrected chi connectivity index (χ0v) is 17.4. The van der Waals surface area contributed by atoms with Crippen LogP contribution >= 0.6 is 0 Å². The Morgan fingerprint density at radius 1 is 1.04 bits per heavy atom. The van der Waals surface area contributed by atoms with E-state index in [4.69, 9.17) is 0 Å². The zero-order chi connectivity index (χ0) is 19.6. The number of unbranched alkanes of at least 4 members (excludes halogenated alkanes) is 1. The van der Waals surface area contributed by atoms with Crippen LogP contribution in [0.1, 0.15) is 68.4 Å². The second kappa shape index (κ2) is 7.79. The fourth-order valence-electron chi connectivity index (χ4n) is 3.60. The predicted molar refractivity (Wildman–Crippen MR) is 110 cm³/mol. The molecule has 142 valence electrons. The summed E-state index contributed by atoms with van der Waals surface area (Å²) in [5.74, 6) is 0. The van der Waals surface area contributed by atoms with Gasteiger partial charge in [0.15, 0.2) is 0 Å². The van der Waals surface area contributed by atoms with Crippen molar-refractivity contribution in [2.24, 2.45) is 0 Å². The van der Waals surface area contributed by atoms with Gasteiger partial charge >= 0.3 is 0 Å². The van der Waals surface area contributed by atoms with E-state index in [0.717, 1.165) is 47.2 Å². The van der Waals surface area contributed by atoms with Crippen molar-refractivity contribution in [1.29, 1.82) is 0 Å². The number of benzene rings is 1. The average molecular weight is 356 g/mol. The summed E-state index contributed by atoms with van der Waals surface area (Å²) in [4.78, 5) is 12.6. The van der Waals surface area contributed by atoms with Gasteiger partial charge in [-0.25, -0.2) is 0 Å². The summed E-state index contributed by atoms with van der Waals surface area (Å²) < 4.78 is 1.83. The first-order valence-corrected chi connectivity index (χ1v) is 9.57. The summed E-state index contributed by atoms with van der Waals surface area (Å²) in [5, 5.41) is 10.0. The Morgan fingerprint density at radius 2 is 1.69 bits per heavy atom. The van der Waals surface area contributed by atoms with Crippen molar-refractivity contribution in [2.75, 3.05) is 0 Å². The normalized spacial score (nSPS) is 11.8. The molecule has 1 aromatic carbocycles. The number of aryl methyl sites for hydroxylation is 2. The van der Waals surface area contributed by atoms with Gasteiger partial charge in [-0.3, -0.25) is 4.79 Å². The zero-order valence-electron chi connectivity index (χ0n) is 17.4. The number of aliphatic hydroxyl groups excluding tert-OH is 1. The number of pyridine rings is 1. The molecule has 1 aromatic heterocycles. The van der Waals surface area contributed by atoms with E-state index in [0.29, 0.717) is 0 Å². The van der Waals surface area contributed by atoms with Crippen molar-refractivity contribution in [2.45, 2.75) is 79.9 Å². The molecule has 0 spiro atoms. The SMILES string of the molecule is CCCCn1cc(-c2cc(C)c(C(C)(C)C)cc2CO)c(C)c(C)c1=O. The molecule has 0 bridgehead atoms. The van der Waals surface area contributed by atoms with Gasteiger partial charge in [-0.15, -0.1) is 0 Å². The van der Waals surface area contributed by atoms with E-state index >= 15 is 0 Å². The van der Waals surface area contributed by atoms with E-state index in [2.05, 4.69) is 46.8 Å². The van der Waals surface area contributed by atoms with E-state index in [-0.39, 0.29) is 17.6 Å². The van der Waals surface area contributed by atoms with E-state index in [1.165, 1.54) is 11.1 Å². The molecule has 0 aliphatic heterocycles. The molecule has 0 unspecified atom stereocenters. The minimum Gasteiger partial charge on any atom is -0.392 e. The Kier molecular flexibility index (Phi) is 6.13. The molecule has 0 saturated carbocycles. The monoisotopic (exact) mass is 355 g/mol. The number of hydrogen-bond acceptors (Lipinski definition) is 2. The average Bonchev–Trinajstić information content (AvgIpc) is 2.58. The van der Waals surface area contributed by atoms with Crippen LogP contribution in [0.25, 0.3) is 11.1 Å². The molecule has 0 radical (unpaired) electrons. The summed E-state index contributed by atoms with van der Waals surface area (Å²) in [5.41, 5.74) is 7.37. The standard InChI is InChI=1S/C23H33NO2/c1-8-9-10-24-13-20(16(3)17(4)22(24)26)19-11-15(2)21(23(5,6)7)12-18(19)14-25/h11-13,25H,8-10,14H2,1-7H3. The highest BCUT2D eigenvalue weighted by molar-refractivity contribution is 5.72. The summed E-state index contributed by atoms with van der Waals surface area (Å²) >= 11 is 0. The van der Waals surface area contributed by atoms with Gasteiger partial charge in [-0.1, -0.05) is 46.2 Å². The van der Waals surface area contributed by atoms with E-state index in [1.807, 2.05) is 24.6 Å². The van der Waals surface area contributed by atoms with Crippen molar-refractivity contribution in [3.05, 3.63) is 56.5 Å². The van der Waals surface area contributed by atoms with E-state index in [9.17, 15) is 9.90 Å². The smallest absolute Gasteiger partial charge is 0.253 e. The fourth-order valence-corrected chi connectivity index (χ4v) is 3.60. The maximum atomic E-state index is 12.6. The van der Waals surface area contributed by atoms with Gasteiger partial charge < -0.3 is 9.67 Å². The topological polar surface area (TPSA) is 42.2 Å². The van der Waals surface area contributed by atoms with Crippen LogP contribution in [0.4, 0.5) is 0 Å². The molecule has 0 aliphatic rings. The molecule has 0 saturated heterocycles. The predicted octanol–water partition coefficient (Wildman–Crippen LogP) is 5.03. The van der Waals surface area contributed by atoms with Crippen molar-refractivity contribution in [1.82, 2.24) is 4.57 Å². The number of aliphatic hydroxyl groups is 1. The van der Waals surface area contributed by atoms with Crippen LogP contribution in [-0.4, -0.2) is 9.67 Å². The number of hydrogen-bond donors (Lipinski definition) is 1. The summed E-state index contributed by atoms with van der Waals surface area (Å²) in [7, 11) is 0. The molecule has 1 N–H and O–H groups in total. The molecule has 0 aliphatic carbocycles. The van der Waals surface area contributed by atoms with Gasteiger partial charge in [0.1, 0.15) is 0 Å². The van der Waals surface area contributed by atoms with Crippen LogP contribution in [0, 0.1) is 20.8 Å². The van der Waals surface area contributed by atoms with Gasteiger partial charge in [0.25, 0.3) is 5.56 Å². The lowest BCUT2D eigenvalue weighted by Gasteiger charge is -2.25. The minimum atomic E-state index is -0.00866. The van der Waals surface area contributed by atoms with Gasteiger partial charge in [0.05, 0.1) is 6.61 Å². The molecule has 2 rings (SSSR count). The van der Waals surface area contributed by atoms with Crippen molar-refractivity contribution >= 4 is 0 Å². The van der Waals surface area contributed by atoms with Crippen LogP contribution in [0.15, 0.2) is 23.1 Å². The lowest BCUT2D eigenvalue weighted by Crippen LogP contribution is -2.23. The maximum Gasteiger partial charge on any atom is 0.253 e. The highest BCUT2D eigenvalue weighted by Crippen LogP contribution is 2.34. The highest BCUT2D eigenvalue weighted by Gasteiger charge is 2.20. The Bertz CT molecular complexity index is 854. The Balaban J connectivity index is 2.73.